The number of carbonyl (C=O) groups is 2. The minimum Gasteiger partial charge on any atom is -0.452 e. The van der Waals surface area contributed by atoms with E-state index >= 15 is 0 Å². The van der Waals surface area contributed by atoms with E-state index in [0.717, 1.165) is 25.1 Å². The molecule has 1 aliphatic carbocycles. The number of fused-ring (bicyclic) bond motifs is 2. The van der Waals surface area contributed by atoms with E-state index in [1.54, 1.807) is 12.3 Å². The molecule has 0 aromatic carbocycles. The predicted molar refractivity (Wildman–Crippen MR) is 119 cm³/mol. The first-order valence-electron chi connectivity index (χ1n) is 11.7. The fourth-order valence-corrected chi connectivity index (χ4v) is 5.10. The van der Waals surface area contributed by atoms with Crippen molar-refractivity contribution < 1.29 is 14.3 Å². The molecule has 1 amide bonds. The lowest BCUT2D eigenvalue weighted by atomic mass is 9.78. The molecule has 2 aliphatic rings. The van der Waals surface area contributed by atoms with E-state index in [2.05, 4.69) is 5.10 Å². The van der Waals surface area contributed by atoms with Gasteiger partial charge in [-0.05, 0) is 57.4 Å². The largest absolute Gasteiger partial charge is 0.452 e. The van der Waals surface area contributed by atoms with Gasteiger partial charge in [0.25, 0.3) is 5.91 Å². The van der Waals surface area contributed by atoms with Crippen molar-refractivity contribution in [1.29, 1.82) is 0 Å². The van der Waals surface area contributed by atoms with E-state index in [1.807, 2.05) is 37.3 Å². The summed E-state index contributed by atoms with van der Waals surface area (Å²) in [5, 5.41) is 5.09. The minimum absolute atomic E-state index is 0.0720. The van der Waals surface area contributed by atoms with Gasteiger partial charge in [-0.3, -0.25) is 4.79 Å². The van der Waals surface area contributed by atoms with Gasteiger partial charge in [0.2, 0.25) is 0 Å². The Morgan fingerprint density at radius 1 is 1.13 bits per heavy atom. The van der Waals surface area contributed by atoms with E-state index in [0.29, 0.717) is 28.6 Å². The predicted octanol–water partition coefficient (Wildman–Crippen LogP) is 4.47. The van der Waals surface area contributed by atoms with Crippen molar-refractivity contribution in [2.45, 2.75) is 84.2 Å². The average molecular weight is 427 g/mol. The molecule has 7 nitrogen and oxygen atoms in total. The number of hydrogen-bond acceptors (Lipinski definition) is 5. The average Bonchev–Trinajstić information content (AvgIpc) is 3.20. The van der Waals surface area contributed by atoms with Crippen molar-refractivity contribution in [2.24, 2.45) is 5.92 Å². The molecule has 0 N–H and O–H groups in total. The fraction of sp³-hybridized carbons (Fsp3) is 0.667. The summed E-state index contributed by atoms with van der Waals surface area (Å²) in [7, 11) is 0. The highest BCUT2D eigenvalue weighted by atomic mass is 16.5. The molecule has 168 valence electrons. The lowest BCUT2D eigenvalue weighted by Gasteiger charge is -2.44. The van der Waals surface area contributed by atoms with Crippen LogP contribution in [0.2, 0.25) is 0 Å². The number of likely N-dealkylation sites (tertiary alicyclic amines) is 1. The number of pyridine rings is 1. The number of carbonyl (C=O) groups excluding carboxylic acids is 2. The Kier molecular flexibility index (Phi) is 6.30. The molecule has 2 fully saturated rings. The van der Waals surface area contributed by atoms with Gasteiger partial charge in [0.15, 0.2) is 12.3 Å². The van der Waals surface area contributed by atoms with E-state index in [-0.39, 0.29) is 24.5 Å². The van der Waals surface area contributed by atoms with Gasteiger partial charge < -0.3 is 9.64 Å². The number of ether oxygens (including phenoxy) is 1. The number of aromatic nitrogens is 3. The Bertz CT molecular complexity index is 963. The quantitative estimate of drug-likeness (QED) is 0.659. The summed E-state index contributed by atoms with van der Waals surface area (Å²) in [4.78, 5) is 32.7. The first-order chi connectivity index (χ1) is 14.9. The maximum atomic E-state index is 13.0. The van der Waals surface area contributed by atoms with Gasteiger partial charge in [0.1, 0.15) is 0 Å². The molecule has 0 spiro atoms. The third kappa shape index (κ3) is 4.32. The van der Waals surface area contributed by atoms with Gasteiger partial charge in [-0.25, -0.2) is 14.5 Å². The first-order valence-corrected chi connectivity index (χ1v) is 11.7. The van der Waals surface area contributed by atoms with Crippen molar-refractivity contribution in [2.75, 3.05) is 13.2 Å². The van der Waals surface area contributed by atoms with Gasteiger partial charge in [-0.15, -0.1) is 0 Å². The van der Waals surface area contributed by atoms with Crippen molar-refractivity contribution in [1.82, 2.24) is 19.7 Å². The van der Waals surface area contributed by atoms with Gasteiger partial charge in [0.05, 0.1) is 17.1 Å². The van der Waals surface area contributed by atoms with Crippen molar-refractivity contribution in [3.63, 3.8) is 0 Å². The molecule has 0 unspecified atom stereocenters. The maximum Gasteiger partial charge on any atom is 0.339 e. The van der Waals surface area contributed by atoms with Crippen molar-refractivity contribution in [3.05, 3.63) is 23.5 Å². The summed E-state index contributed by atoms with van der Waals surface area (Å²) in [5.74, 6) is 0.211. The van der Waals surface area contributed by atoms with Gasteiger partial charge >= 0.3 is 5.97 Å². The highest BCUT2D eigenvalue weighted by molar-refractivity contribution is 6.03. The monoisotopic (exact) mass is 426 g/mol. The van der Waals surface area contributed by atoms with Crippen LogP contribution in [0.15, 0.2) is 12.3 Å². The van der Waals surface area contributed by atoms with E-state index in [1.165, 1.54) is 25.7 Å². The van der Waals surface area contributed by atoms with Crippen LogP contribution in [0.25, 0.3) is 11.0 Å². The first kappa shape index (κ1) is 21.8. The van der Waals surface area contributed by atoms with Crippen LogP contribution < -0.4 is 0 Å². The molecule has 3 heterocycles. The molecule has 1 saturated heterocycles. The minimum atomic E-state index is -0.483. The van der Waals surface area contributed by atoms with Gasteiger partial charge in [-0.2, -0.15) is 5.10 Å². The molecule has 1 aliphatic heterocycles. The zero-order valence-corrected chi connectivity index (χ0v) is 19.1. The number of nitrogens with zero attached hydrogens (tertiary/aromatic N) is 4. The third-order valence-electron chi connectivity index (χ3n) is 6.78. The van der Waals surface area contributed by atoms with Gasteiger partial charge in [0, 0.05) is 24.3 Å². The fourth-order valence-electron chi connectivity index (χ4n) is 5.10. The second kappa shape index (κ2) is 8.97. The lowest BCUT2D eigenvalue weighted by Crippen LogP contribution is -2.50. The van der Waals surface area contributed by atoms with Crippen LogP contribution in [-0.2, 0) is 9.53 Å². The van der Waals surface area contributed by atoms with Crippen LogP contribution >= 0.6 is 0 Å². The molecule has 2 aromatic rings. The second-order valence-corrected chi connectivity index (χ2v) is 9.59. The van der Waals surface area contributed by atoms with Gasteiger partial charge in [-0.1, -0.05) is 26.7 Å². The zero-order valence-electron chi connectivity index (χ0n) is 19.1. The van der Waals surface area contributed by atoms with E-state index in [9.17, 15) is 9.59 Å². The smallest absolute Gasteiger partial charge is 0.339 e. The van der Waals surface area contributed by atoms with Crippen LogP contribution in [-0.4, -0.2) is 50.7 Å². The zero-order chi connectivity index (χ0) is 22.1. The molecule has 31 heavy (non-hydrogen) atoms. The normalized spacial score (nSPS) is 21.5. The van der Waals surface area contributed by atoms with Crippen molar-refractivity contribution >= 4 is 22.9 Å². The Morgan fingerprint density at radius 3 is 2.61 bits per heavy atom. The number of piperidine rings is 1. The summed E-state index contributed by atoms with van der Waals surface area (Å²) in [6.45, 7) is 8.71. The molecule has 4 rings (SSSR count). The summed E-state index contributed by atoms with van der Waals surface area (Å²) < 4.78 is 7.36. The topological polar surface area (TPSA) is 77.3 Å². The molecule has 2 aromatic heterocycles. The molecule has 0 bridgehead atoms. The summed E-state index contributed by atoms with van der Waals surface area (Å²) in [6, 6.07) is 2.23. The lowest BCUT2D eigenvalue weighted by molar-refractivity contribution is -0.140. The van der Waals surface area contributed by atoms with Crippen LogP contribution in [0.3, 0.4) is 0 Å². The highest BCUT2D eigenvalue weighted by Crippen LogP contribution is 2.35. The number of esters is 1. The Labute approximate surface area is 184 Å². The molecule has 7 heteroatoms. The van der Waals surface area contributed by atoms with Crippen molar-refractivity contribution in [3.8, 4) is 0 Å². The number of rotatable bonds is 5. The van der Waals surface area contributed by atoms with Crippen LogP contribution in [0.4, 0.5) is 0 Å². The molecule has 1 saturated carbocycles. The highest BCUT2D eigenvalue weighted by Gasteiger charge is 2.36. The van der Waals surface area contributed by atoms with Crippen LogP contribution in [0, 0.1) is 5.92 Å². The Balaban J connectivity index is 1.52. The molecule has 0 radical (unpaired) electrons. The summed E-state index contributed by atoms with van der Waals surface area (Å²) >= 11 is 0. The standard InChI is InChI=1S/C24H34N4O3/c1-15(2)20-12-18(19-13-25-28(16(3)4)23(19)26-20)24(30)31-14-22(29)27-11-7-9-17-8-5-6-10-21(17)27/h12-13,15-17,21H,5-11,14H2,1-4H3/t17-,21+/m0/s1. The Hall–Kier alpha value is -2.44. The third-order valence-corrected chi connectivity index (χ3v) is 6.78. The number of hydrogen-bond donors (Lipinski definition) is 0. The maximum absolute atomic E-state index is 13.0. The Morgan fingerprint density at radius 2 is 1.87 bits per heavy atom. The molecular formula is C24H34N4O3. The SMILES string of the molecule is CC(C)c1cc(C(=O)OCC(=O)N2CCC[C@@H]3CCCC[C@H]32)c2cnn(C(C)C)c2n1. The number of amides is 1. The van der Waals surface area contributed by atoms with Crippen LogP contribution in [0.1, 0.15) is 94.2 Å². The van der Waals surface area contributed by atoms with Crippen LogP contribution in [0.5, 0.6) is 0 Å². The summed E-state index contributed by atoms with van der Waals surface area (Å²) in [5.41, 5.74) is 1.93. The van der Waals surface area contributed by atoms with E-state index in [4.69, 9.17) is 9.72 Å². The van der Waals surface area contributed by atoms with E-state index < -0.39 is 5.97 Å². The second-order valence-electron chi connectivity index (χ2n) is 9.59. The summed E-state index contributed by atoms with van der Waals surface area (Å²) in [6.07, 6.45) is 8.64. The molecular weight excluding hydrogens is 392 g/mol. The molecule has 2 atom stereocenters.